The molecule has 3 heterocycles. The van der Waals surface area contributed by atoms with Gasteiger partial charge in [-0.3, -0.25) is 4.90 Å². The van der Waals surface area contributed by atoms with Gasteiger partial charge >= 0.3 is 0 Å². The number of thiophene rings is 1. The molecular formula is C17H16N4OS2. The standard InChI is InChI=1S/C17H16N4OS2/c1-11(16-19-20-17(22-16)14-8-5-9-23-14)21(2)10-15-18-12-6-3-4-7-13(12)24-15/h3-9,11H,10H2,1-2H3. The summed E-state index contributed by atoms with van der Waals surface area (Å²) in [7, 11) is 2.05. The van der Waals surface area contributed by atoms with Crippen molar-refractivity contribution in [1.82, 2.24) is 20.1 Å². The van der Waals surface area contributed by atoms with Crippen molar-refractivity contribution in [1.29, 1.82) is 0 Å². The maximum atomic E-state index is 5.84. The molecule has 1 unspecified atom stereocenters. The third-order valence-electron chi connectivity index (χ3n) is 3.91. The number of para-hydroxylation sites is 1. The first-order valence-electron chi connectivity index (χ1n) is 7.62. The van der Waals surface area contributed by atoms with Gasteiger partial charge in [-0.05, 0) is 37.6 Å². The lowest BCUT2D eigenvalue weighted by Gasteiger charge is -2.20. The number of hydrogen-bond donors (Lipinski definition) is 0. The highest BCUT2D eigenvalue weighted by Gasteiger charge is 2.20. The lowest BCUT2D eigenvalue weighted by Crippen LogP contribution is -2.22. The summed E-state index contributed by atoms with van der Waals surface area (Å²) in [5.74, 6) is 1.21. The van der Waals surface area contributed by atoms with Gasteiger partial charge in [-0.1, -0.05) is 18.2 Å². The Balaban J connectivity index is 1.50. The van der Waals surface area contributed by atoms with Gasteiger partial charge in [0.05, 0.1) is 27.7 Å². The number of rotatable bonds is 5. The lowest BCUT2D eigenvalue weighted by atomic mass is 10.3. The number of aromatic nitrogens is 3. The van der Waals surface area contributed by atoms with E-state index in [1.54, 1.807) is 22.7 Å². The molecule has 0 spiro atoms. The van der Waals surface area contributed by atoms with Crippen molar-refractivity contribution < 1.29 is 4.42 Å². The van der Waals surface area contributed by atoms with E-state index < -0.39 is 0 Å². The van der Waals surface area contributed by atoms with Crippen LogP contribution in [0.25, 0.3) is 21.0 Å². The Morgan fingerprint density at radius 3 is 2.83 bits per heavy atom. The van der Waals surface area contributed by atoms with E-state index in [1.807, 2.05) is 42.8 Å². The van der Waals surface area contributed by atoms with Crippen LogP contribution in [0.4, 0.5) is 0 Å². The van der Waals surface area contributed by atoms with Gasteiger partial charge in [0.25, 0.3) is 5.89 Å². The SMILES string of the molecule is CC(c1nnc(-c2cccs2)o1)N(C)Cc1nc2ccccc2s1. The molecular weight excluding hydrogens is 340 g/mol. The largest absolute Gasteiger partial charge is 0.418 e. The predicted molar refractivity (Wildman–Crippen MR) is 97.1 cm³/mol. The zero-order valence-corrected chi connectivity index (χ0v) is 15.0. The Morgan fingerprint density at radius 2 is 2.04 bits per heavy atom. The molecule has 0 aliphatic heterocycles. The van der Waals surface area contributed by atoms with Crippen LogP contribution in [0.3, 0.4) is 0 Å². The quantitative estimate of drug-likeness (QED) is 0.523. The Kier molecular flexibility index (Phi) is 4.13. The first-order chi connectivity index (χ1) is 11.7. The maximum Gasteiger partial charge on any atom is 0.257 e. The van der Waals surface area contributed by atoms with Crippen molar-refractivity contribution in [2.24, 2.45) is 0 Å². The van der Waals surface area contributed by atoms with Crippen LogP contribution in [0.2, 0.25) is 0 Å². The molecule has 0 radical (unpaired) electrons. The van der Waals surface area contributed by atoms with E-state index in [0.717, 1.165) is 21.9 Å². The minimum Gasteiger partial charge on any atom is -0.418 e. The molecule has 24 heavy (non-hydrogen) atoms. The van der Waals surface area contributed by atoms with E-state index in [2.05, 4.69) is 33.1 Å². The third kappa shape index (κ3) is 2.98. The van der Waals surface area contributed by atoms with Crippen molar-refractivity contribution in [2.75, 3.05) is 7.05 Å². The van der Waals surface area contributed by atoms with Crippen LogP contribution >= 0.6 is 22.7 Å². The number of fused-ring (bicyclic) bond motifs is 1. The molecule has 0 amide bonds. The fourth-order valence-electron chi connectivity index (χ4n) is 2.43. The summed E-state index contributed by atoms with van der Waals surface area (Å²) in [6.45, 7) is 2.82. The maximum absolute atomic E-state index is 5.84. The van der Waals surface area contributed by atoms with Gasteiger partial charge in [0.15, 0.2) is 0 Å². The molecule has 7 heteroatoms. The molecule has 0 N–H and O–H groups in total. The number of nitrogens with zero attached hydrogens (tertiary/aromatic N) is 4. The molecule has 0 bridgehead atoms. The minimum absolute atomic E-state index is 0.0261. The van der Waals surface area contributed by atoms with Crippen LogP contribution in [-0.2, 0) is 6.54 Å². The summed E-state index contributed by atoms with van der Waals surface area (Å²) in [4.78, 5) is 7.85. The molecule has 1 aromatic carbocycles. The Hall–Kier alpha value is -2.09. The highest BCUT2D eigenvalue weighted by Crippen LogP contribution is 2.28. The number of thiazole rings is 1. The summed E-state index contributed by atoms with van der Waals surface area (Å²) in [5, 5.41) is 11.5. The molecule has 4 rings (SSSR count). The van der Waals surface area contributed by atoms with Crippen molar-refractivity contribution in [3.05, 3.63) is 52.7 Å². The molecule has 4 aromatic rings. The van der Waals surface area contributed by atoms with Crippen LogP contribution in [0.15, 0.2) is 46.2 Å². The topological polar surface area (TPSA) is 55.1 Å². The fourth-order valence-corrected chi connectivity index (χ4v) is 4.10. The van der Waals surface area contributed by atoms with Crippen LogP contribution in [-0.4, -0.2) is 27.1 Å². The van der Waals surface area contributed by atoms with Gasteiger partial charge in [0.1, 0.15) is 5.01 Å². The third-order valence-corrected chi connectivity index (χ3v) is 5.79. The molecule has 0 aliphatic rings. The summed E-state index contributed by atoms with van der Waals surface area (Å²) in [5.41, 5.74) is 1.05. The normalized spacial score (nSPS) is 13.0. The summed E-state index contributed by atoms with van der Waals surface area (Å²) >= 11 is 3.32. The Morgan fingerprint density at radius 1 is 1.17 bits per heavy atom. The molecule has 0 saturated heterocycles. The van der Waals surface area contributed by atoms with Gasteiger partial charge in [0, 0.05) is 0 Å². The first kappa shape index (κ1) is 15.4. The second kappa shape index (κ2) is 6.43. The van der Waals surface area contributed by atoms with E-state index in [9.17, 15) is 0 Å². The molecule has 5 nitrogen and oxygen atoms in total. The molecule has 3 aromatic heterocycles. The van der Waals surface area contributed by atoms with Gasteiger partial charge in [-0.2, -0.15) is 0 Å². The zero-order valence-electron chi connectivity index (χ0n) is 13.3. The van der Waals surface area contributed by atoms with Crippen molar-refractivity contribution in [3.63, 3.8) is 0 Å². The van der Waals surface area contributed by atoms with E-state index in [-0.39, 0.29) is 6.04 Å². The highest BCUT2D eigenvalue weighted by atomic mass is 32.1. The van der Waals surface area contributed by atoms with Gasteiger partial charge < -0.3 is 4.42 Å². The monoisotopic (exact) mass is 356 g/mol. The molecule has 0 fully saturated rings. The average molecular weight is 356 g/mol. The lowest BCUT2D eigenvalue weighted by molar-refractivity contribution is 0.218. The van der Waals surface area contributed by atoms with Crippen LogP contribution in [0.1, 0.15) is 23.9 Å². The van der Waals surface area contributed by atoms with E-state index >= 15 is 0 Å². The Bertz CT molecular complexity index is 911. The van der Waals surface area contributed by atoms with E-state index in [4.69, 9.17) is 4.42 Å². The van der Waals surface area contributed by atoms with Crippen LogP contribution in [0.5, 0.6) is 0 Å². The molecule has 0 aliphatic carbocycles. The molecule has 0 saturated carbocycles. The second-order valence-corrected chi connectivity index (χ2v) is 7.65. The van der Waals surface area contributed by atoms with Crippen molar-refractivity contribution in [2.45, 2.75) is 19.5 Å². The van der Waals surface area contributed by atoms with E-state index in [0.29, 0.717) is 11.8 Å². The number of hydrogen-bond acceptors (Lipinski definition) is 7. The fraction of sp³-hybridized carbons (Fsp3) is 0.235. The van der Waals surface area contributed by atoms with Crippen molar-refractivity contribution >= 4 is 32.9 Å². The zero-order chi connectivity index (χ0) is 16.5. The van der Waals surface area contributed by atoms with Gasteiger partial charge in [-0.15, -0.1) is 32.9 Å². The minimum atomic E-state index is 0.0261. The highest BCUT2D eigenvalue weighted by molar-refractivity contribution is 7.18. The van der Waals surface area contributed by atoms with Gasteiger partial charge in [0.2, 0.25) is 5.89 Å². The molecule has 1 atom stereocenters. The smallest absolute Gasteiger partial charge is 0.257 e. The van der Waals surface area contributed by atoms with E-state index in [1.165, 1.54) is 4.70 Å². The summed E-state index contributed by atoms with van der Waals surface area (Å²) in [6, 6.07) is 12.2. The van der Waals surface area contributed by atoms with Crippen LogP contribution in [0, 0.1) is 0 Å². The van der Waals surface area contributed by atoms with Gasteiger partial charge in [-0.25, -0.2) is 4.98 Å². The first-order valence-corrected chi connectivity index (χ1v) is 9.32. The molecule has 122 valence electrons. The summed E-state index contributed by atoms with van der Waals surface area (Å²) < 4.78 is 7.05. The van der Waals surface area contributed by atoms with Crippen LogP contribution < -0.4 is 0 Å². The Labute approximate surface area is 147 Å². The predicted octanol–water partition coefficient (Wildman–Crippen LogP) is 4.60. The number of benzene rings is 1. The second-order valence-electron chi connectivity index (χ2n) is 5.59. The van der Waals surface area contributed by atoms with Crippen molar-refractivity contribution in [3.8, 4) is 10.8 Å². The average Bonchev–Trinajstić information content (AvgIpc) is 3.32. The summed E-state index contributed by atoms with van der Waals surface area (Å²) in [6.07, 6.45) is 0.